The van der Waals surface area contributed by atoms with E-state index in [1.54, 1.807) is 7.11 Å². The number of methoxy groups -OCH3 is 1. The second-order valence-corrected chi connectivity index (χ2v) is 6.00. The average molecular weight is 341 g/mol. The first-order valence-electron chi connectivity index (χ1n) is 8.35. The van der Waals surface area contributed by atoms with Gasteiger partial charge in [-0.2, -0.15) is 0 Å². The number of unbranched alkanes of at least 4 members (excludes halogenated alkanes) is 2. The maximum atomic E-state index is 12.3. The Bertz CT molecular complexity index is 448. The van der Waals surface area contributed by atoms with E-state index >= 15 is 0 Å². The van der Waals surface area contributed by atoms with Crippen molar-refractivity contribution in [1.82, 2.24) is 10.6 Å². The molecule has 1 aromatic rings. The fourth-order valence-electron chi connectivity index (χ4n) is 2.99. The summed E-state index contributed by atoms with van der Waals surface area (Å²) in [6.45, 7) is 2.43. The molecule has 23 heavy (non-hydrogen) atoms. The van der Waals surface area contributed by atoms with Crippen molar-refractivity contribution in [2.75, 3.05) is 26.7 Å². The zero-order valence-electron chi connectivity index (χ0n) is 14.0. The molecule has 1 aliphatic rings. The van der Waals surface area contributed by atoms with Crippen LogP contribution in [0.2, 0.25) is 0 Å². The molecule has 0 aliphatic carbocycles. The summed E-state index contributed by atoms with van der Waals surface area (Å²) < 4.78 is 5.52. The molecule has 1 saturated heterocycles. The summed E-state index contributed by atoms with van der Waals surface area (Å²) in [5, 5.41) is 6.32. The smallest absolute Gasteiger partial charge is 0.252 e. The van der Waals surface area contributed by atoms with E-state index in [1.807, 2.05) is 6.07 Å². The number of hydrogen-bond donors (Lipinski definition) is 2. The Labute approximate surface area is 145 Å². The Hall–Kier alpha value is -1.10. The summed E-state index contributed by atoms with van der Waals surface area (Å²) in [7, 11) is 1.64. The molecule has 0 bridgehead atoms. The minimum atomic E-state index is -0.616. The Kier molecular flexibility index (Phi) is 9.22. The third-order valence-corrected chi connectivity index (χ3v) is 4.49. The zero-order chi connectivity index (χ0) is 15.7. The highest BCUT2D eigenvalue weighted by Gasteiger charge is 2.39. The lowest BCUT2D eigenvalue weighted by Gasteiger charge is -2.34. The number of benzene rings is 1. The molecule has 0 aromatic heterocycles. The molecular formula is C18H29ClN2O2. The quantitative estimate of drug-likeness (QED) is 0.715. The predicted octanol–water partition coefficient (Wildman–Crippen LogP) is 2.71. The molecule has 1 fully saturated rings. The fraction of sp³-hybridized carbons (Fsp3) is 0.611. The predicted molar refractivity (Wildman–Crippen MR) is 96.1 cm³/mol. The van der Waals surface area contributed by atoms with Crippen LogP contribution < -0.4 is 10.6 Å². The second kappa shape index (κ2) is 10.6. The van der Waals surface area contributed by atoms with Crippen molar-refractivity contribution in [2.24, 2.45) is 0 Å². The lowest BCUT2D eigenvalue weighted by molar-refractivity contribution is -0.146. The molecule has 1 aliphatic heterocycles. The highest BCUT2D eigenvalue weighted by molar-refractivity contribution is 5.85. The molecule has 2 N–H and O–H groups in total. The Morgan fingerprint density at radius 1 is 1.17 bits per heavy atom. The van der Waals surface area contributed by atoms with Gasteiger partial charge in [-0.1, -0.05) is 36.8 Å². The normalized spacial score (nSPS) is 16.4. The van der Waals surface area contributed by atoms with Gasteiger partial charge in [0, 0.05) is 13.7 Å². The number of amides is 1. The summed E-state index contributed by atoms with van der Waals surface area (Å²) in [5.41, 5.74) is 0.773. The van der Waals surface area contributed by atoms with Crippen LogP contribution in [0.1, 0.15) is 37.7 Å². The minimum absolute atomic E-state index is 0. The van der Waals surface area contributed by atoms with Crippen molar-refractivity contribution < 1.29 is 9.53 Å². The van der Waals surface area contributed by atoms with E-state index < -0.39 is 5.60 Å². The topological polar surface area (TPSA) is 50.4 Å². The van der Waals surface area contributed by atoms with Crippen molar-refractivity contribution in [1.29, 1.82) is 0 Å². The summed E-state index contributed by atoms with van der Waals surface area (Å²) in [4.78, 5) is 12.3. The molecule has 5 heteroatoms. The van der Waals surface area contributed by atoms with Gasteiger partial charge in [0.05, 0.1) is 0 Å². The van der Waals surface area contributed by atoms with E-state index in [0.717, 1.165) is 51.7 Å². The van der Waals surface area contributed by atoms with Crippen molar-refractivity contribution in [3.05, 3.63) is 35.9 Å². The lowest BCUT2D eigenvalue weighted by atomic mass is 9.91. The van der Waals surface area contributed by atoms with Crippen LogP contribution in [0.15, 0.2) is 30.3 Å². The molecule has 130 valence electrons. The summed E-state index contributed by atoms with van der Waals surface area (Å²) in [5.74, 6) is 0.0551. The number of carbonyl (C=O) groups is 1. The molecule has 0 spiro atoms. The summed E-state index contributed by atoms with van der Waals surface area (Å²) in [6, 6.07) is 10.5. The van der Waals surface area contributed by atoms with Gasteiger partial charge in [0.2, 0.25) is 0 Å². The van der Waals surface area contributed by atoms with Gasteiger partial charge >= 0.3 is 0 Å². The molecular weight excluding hydrogens is 312 g/mol. The van der Waals surface area contributed by atoms with Crippen molar-refractivity contribution in [3.63, 3.8) is 0 Å². The molecule has 1 aromatic carbocycles. The van der Waals surface area contributed by atoms with E-state index in [4.69, 9.17) is 4.74 Å². The van der Waals surface area contributed by atoms with Gasteiger partial charge in [-0.3, -0.25) is 4.79 Å². The van der Waals surface area contributed by atoms with E-state index in [9.17, 15) is 4.79 Å². The highest BCUT2D eigenvalue weighted by atomic mass is 35.5. The third kappa shape index (κ3) is 6.13. The van der Waals surface area contributed by atoms with E-state index in [2.05, 4.69) is 34.9 Å². The third-order valence-electron chi connectivity index (χ3n) is 4.49. The fourth-order valence-corrected chi connectivity index (χ4v) is 2.99. The molecule has 2 rings (SSSR count). The van der Waals surface area contributed by atoms with Gasteiger partial charge in [0.1, 0.15) is 5.60 Å². The molecule has 1 heterocycles. The van der Waals surface area contributed by atoms with Gasteiger partial charge in [-0.25, -0.2) is 0 Å². The molecule has 1 amide bonds. The lowest BCUT2D eigenvalue weighted by Crippen LogP contribution is -2.54. The van der Waals surface area contributed by atoms with E-state index in [0.29, 0.717) is 0 Å². The van der Waals surface area contributed by atoms with Gasteiger partial charge in [-0.15, -0.1) is 12.4 Å². The van der Waals surface area contributed by atoms with E-state index in [1.165, 1.54) is 12.0 Å². The Morgan fingerprint density at radius 2 is 1.87 bits per heavy atom. The maximum absolute atomic E-state index is 12.3. The zero-order valence-corrected chi connectivity index (χ0v) is 14.8. The van der Waals surface area contributed by atoms with Crippen LogP contribution in [0.3, 0.4) is 0 Å². The van der Waals surface area contributed by atoms with Crippen molar-refractivity contribution in [2.45, 2.75) is 44.1 Å². The summed E-state index contributed by atoms with van der Waals surface area (Å²) in [6.07, 6.45) is 5.95. The number of piperidine rings is 1. The first-order chi connectivity index (χ1) is 10.8. The first kappa shape index (κ1) is 19.9. The van der Waals surface area contributed by atoms with Crippen molar-refractivity contribution >= 4 is 18.3 Å². The maximum Gasteiger partial charge on any atom is 0.252 e. The molecule has 0 saturated carbocycles. The SMILES string of the molecule is COC1(C(=O)NCCCCCc2ccccc2)CCNCC1.Cl. The van der Waals surface area contributed by atoms with Gasteiger partial charge in [0.15, 0.2) is 0 Å². The highest BCUT2D eigenvalue weighted by Crippen LogP contribution is 2.22. The second-order valence-electron chi connectivity index (χ2n) is 6.00. The number of carbonyl (C=O) groups excluding carboxylic acids is 1. The summed E-state index contributed by atoms with van der Waals surface area (Å²) >= 11 is 0. The van der Waals surface area contributed by atoms with Gasteiger partial charge in [0.25, 0.3) is 5.91 Å². The standard InChI is InChI=1S/C18H28N2O2.ClH/c1-22-18(11-14-19-15-12-18)17(21)20-13-7-3-6-10-16-8-4-2-5-9-16;/h2,4-5,8-9,19H,3,6-7,10-15H2,1H3,(H,20,21);1H. The number of aryl methyl sites for hydroxylation is 1. The van der Waals surface area contributed by atoms with Crippen LogP contribution in [0.4, 0.5) is 0 Å². The Morgan fingerprint density at radius 3 is 2.52 bits per heavy atom. The molecule has 0 radical (unpaired) electrons. The monoisotopic (exact) mass is 340 g/mol. The minimum Gasteiger partial charge on any atom is -0.368 e. The number of nitrogens with one attached hydrogen (secondary N) is 2. The number of hydrogen-bond acceptors (Lipinski definition) is 3. The van der Waals surface area contributed by atoms with Crippen LogP contribution >= 0.6 is 12.4 Å². The number of ether oxygens (including phenoxy) is 1. The molecule has 4 nitrogen and oxygen atoms in total. The van der Waals surface area contributed by atoms with Crippen molar-refractivity contribution in [3.8, 4) is 0 Å². The first-order valence-corrected chi connectivity index (χ1v) is 8.35. The van der Waals surface area contributed by atoms with Crippen LogP contribution in [-0.2, 0) is 16.0 Å². The largest absolute Gasteiger partial charge is 0.368 e. The van der Waals surface area contributed by atoms with Crippen LogP contribution in [0.5, 0.6) is 0 Å². The van der Waals surface area contributed by atoms with Crippen LogP contribution in [0.25, 0.3) is 0 Å². The average Bonchev–Trinajstić information content (AvgIpc) is 2.59. The number of halogens is 1. The van der Waals surface area contributed by atoms with Crippen LogP contribution in [0, 0.1) is 0 Å². The number of rotatable bonds is 8. The molecule has 0 unspecified atom stereocenters. The molecule has 0 atom stereocenters. The van der Waals surface area contributed by atoms with Gasteiger partial charge in [-0.05, 0) is 50.8 Å². The van der Waals surface area contributed by atoms with Gasteiger partial charge < -0.3 is 15.4 Å². The van der Waals surface area contributed by atoms with Crippen LogP contribution in [-0.4, -0.2) is 38.3 Å². The Balaban J connectivity index is 0.00000264. The van der Waals surface area contributed by atoms with E-state index in [-0.39, 0.29) is 18.3 Å².